The van der Waals surface area contributed by atoms with Crippen molar-refractivity contribution in [3.8, 4) is 0 Å². The van der Waals surface area contributed by atoms with Gasteiger partial charge >= 0.3 is 0 Å². The normalized spacial score (nSPS) is 40.0. The molecule has 0 aromatic carbocycles. The van der Waals surface area contributed by atoms with Crippen LogP contribution < -0.4 is 5.73 Å². The second kappa shape index (κ2) is 3.69. The molecule has 4 unspecified atom stereocenters. The number of alkyl halides is 2. The zero-order chi connectivity index (χ0) is 11.2. The van der Waals surface area contributed by atoms with Gasteiger partial charge in [-0.3, -0.25) is 0 Å². The minimum atomic E-state index is -2.36. The molecule has 1 nitrogen and oxygen atoms in total. The first-order chi connectivity index (χ1) is 6.93. The maximum atomic E-state index is 12.4. The molecule has 3 fully saturated rings. The lowest BCUT2D eigenvalue weighted by molar-refractivity contribution is -0.111. The molecule has 0 saturated heterocycles. The van der Waals surface area contributed by atoms with Gasteiger partial charge in [0.15, 0.2) is 0 Å². The molecule has 0 aromatic rings. The maximum Gasteiger partial charge on any atom is 0.253 e. The summed E-state index contributed by atoms with van der Waals surface area (Å²) in [6.45, 7) is 4.57. The second-order valence-corrected chi connectivity index (χ2v) is 5.93. The van der Waals surface area contributed by atoms with Crippen molar-refractivity contribution in [2.75, 3.05) is 0 Å². The lowest BCUT2D eigenvalue weighted by atomic mass is 9.45. The first kappa shape index (κ1) is 11.3. The Morgan fingerprint density at radius 1 is 1.33 bits per heavy atom. The third-order valence-electron chi connectivity index (χ3n) is 4.90. The van der Waals surface area contributed by atoms with E-state index < -0.39 is 12.5 Å². The van der Waals surface area contributed by atoms with E-state index in [1.54, 1.807) is 0 Å². The summed E-state index contributed by atoms with van der Waals surface area (Å²) in [6, 6.07) is -0.914. The molecule has 0 amide bonds. The standard InChI is InChI=1S/C12H21F2N/c1-12(2)8-4-3-7(9(12)6-8)5-10(15)11(13)14/h7-11H,3-6,15H2,1-2H3. The predicted molar refractivity (Wildman–Crippen MR) is 56.7 cm³/mol. The van der Waals surface area contributed by atoms with Crippen LogP contribution in [0.5, 0.6) is 0 Å². The van der Waals surface area contributed by atoms with Gasteiger partial charge in [-0.2, -0.15) is 0 Å². The van der Waals surface area contributed by atoms with Gasteiger partial charge in [0.05, 0.1) is 6.04 Å². The van der Waals surface area contributed by atoms with Crippen molar-refractivity contribution in [1.82, 2.24) is 0 Å². The molecule has 3 heteroatoms. The number of halogens is 2. The Hall–Kier alpha value is -0.180. The summed E-state index contributed by atoms with van der Waals surface area (Å²) in [4.78, 5) is 0. The minimum absolute atomic E-state index is 0.380. The van der Waals surface area contributed by atoms with Crippen LogP contribution in [0.1, 0.15) is 39.5 Å². The van der Waals surface area contributed by atoms with Crippen molar-refractivity contribution in [3.05, 3.63) is 0 Å². The molecular weight excluding hydrogens is 196 g/mol. The number of hydrogen-bond donors (Lipinski definition) is 1. The summed E-state index contributed by atoms with van der Waals surface area (Å²) < 4.78 is 24.8. The molecule has 3 saturated carbocycles. The first-order valence-electron chi connectivity index (χ1n) is 5.96. The lowest BCUT2D eigenvalue weighted by Crippen LogP contribution is -2.53. The minimum Gasteiger partial charge on any atom is -0.323 e. The summed E-state index contributed by atoms with van der Waals surface area (Å²) >= 11 is 0. The highest BCUT2D eigenvalue weighted by Gasteiger charge is 2.54. The average molecular weight is 217 g/mol. The van der Waals surface area contributed by atoms with Crippen LogP contribution >= 0.6 is 0 Å². The molecule has 0 radical (unpaired) electrons. The van der Waals surface area contributed by atoms with Gasteiger partial charge in [0.2, 0.25) is 0 Å². The van der Waals surface area contributed by atoms with E-state index in [1.807, 2.05) is 0 Å². The Bertz CT molecular complexity index is 238. The molecule has 4 atom stereocenters. The van der Waals surface area contributed by atoms with Crippen molar-refractivity contribution < 1.29 is 8.78 Å². The van der Waals surface area contributed by atoms with Crippen LogP contribution in [0.2, 0.25) is 0 Å². The van der Waals surface area contributed by atoms with Gasteiger partial charge in [-0.25, -0.2) is 8.78 Å². The van der Waals surface area contributed by atoms with Gasteiger partial charge in [0, 0.05) is 0 Å². The van der Waals surface area contributed by atoms with Crippen molar-refractivity contribution in [3.63, 3.8) is 0 Å². The second-order valence-electron chi connectivity index (χ2n) is 5.93. The van der Waals surface area contributed by atoms with Crippen LogP contribution in [-0.4, -0.2) is 12.5 Å². The smallest absolute Gasteiger partial charge is 0.253 e. The zero-order valence-electron chi connectivity index (χ0n) is 9.55. The van der Waals surface area contributed by atoms with E-state index in [9.17, 15) is 8.78 Å². The highest BCUT2D eigenvalue weighted by molar-refractivity contribution is 5.03. The van der Waals surface area contributed by atoms with E-state index in [2.05, 4.69) is 13.8 Å². The molecule has 2 N–H and O–H groups in total. The fourth-order valence-electron chi connectivity index (χ4n) is 3.70. The van der Waals surface area contributed by atoms with Crippen molar-refractivity contribution in [2.24, 2.45) is 28.9 Å². The highest BCUT2D eigenvalue weighted by atomic mass is 19.3. The molecular formula is C12H21F2N. The van der Waals surface area contributed by atoms with Crippen LogP contribution in [0.3, 0.4) is 0 Å². The topological polar surface area (TPSA) is 26.0 Å². The van der Waals surface area contributed by atoms with Gasteiger partial charge in [-0.1, -0.05) is 13.8 Å². The van der Waals surface area contributed by atoms with Gasteiger partial charge in [-0.15, -0.1) is 0 Å². The number of hydrogen-bond acceptors (Lipinski definition) is 1. The predicted octanol–water partition coefficient (Wildman–Crippen LogP) is 3.04. The summed E-state index contributed by atoms with van der Waals surface area (Å²) in [5.41, 5.74) is 5.85. The Labute approximate surface area is 90.4 Å². The van der Waals surface area contributed by atoms with Crippen molar-refractivity contribution >= 4 is 0 Å². The van der Waals surface area contributed by atoms with E-state index in [-0.39, 0.29) is 0 Å². The van der Waals surface area contributed by atoms with Crippen LogP contribution in [0.25, 0.3) is 0 Å². The molecule has 15 heavy (non-hydrogen) atoms. The third-order valence-corrected chi connectivity index (χ3v) is 4.90. The van der Waals surface area contributed by atoms with Crippen molar-refractivity contribution in [1.29, 1.82) is 0 Å². The van der Waals surface area contributed by atoms with Gasteiger partial charge in [-0.05, 0) is 48.9 Å². The quantitative estimate of drug-likeness (QED) is 0.772. The Morgan fingerprint density at radius 3 is 2.47 bits per heavy atom. The maximum absolute atomic E-state index is 12.4. The number of fused-ring (bicyclic) bond motifs is 2. The number of rotatable bonds is 3. The molecule has 0 heterocycles. The van der Waals surface area contributed by atoms with Gasteiger partial charge in [0.1, 0.15) is 0 Å². The van der Waals surface area contributed by atoms with Crippen LogP contribution in [0.15, 0.2) is 0 Å². The van der Waals surface area contributed by atoms with Gasteiger partial charge in [0.25, 0.3) is 6.43 Å². The molecule has 0 spiro atoms. The monoisotopic (exact) mass is 217 g/mol. The number of nitrogens with two attached hydrogens (primary N) is 1. The van der Waals surface area contributed by atoms with Gasteiger partial charge < -0.3 is 5.73 Å². The largest absolute Gasteiger partial charge is 0.323 e. The van der Waals surface area contributed by atoms with Crippen molar-refractivity contribution in [2.45, 2.75) is 52.0 Å². The Balaban J connectivity index is 1.94. The fourth-order valence-corrected chi connectivity index (χ4v) is 3.70. The molecule has 3 aliphatic rings. The van der Waals surface area contributed by atoms with E-state index in [0.29, 0.717) is 23.7 Å². The summed E-state index contributed by atoms with van der Waals surface area (Å²) in [7, 11) is 0. The van der Waals surface area contributed by atoms with Crippen LogP contribution in [0, 0.1) is 23.2 Å². The molecule has 2 bridgehead atoms. The average Bonchev–Trinajstić information content (AvgIpc) is 2.17. The highest BCUT2D eigenvalue weighted by Crippen LogP contribution is 2.62. The SMILES string of the molecule is CC1(C)C2CCC(CC(N)C(F)F)C1C2. The van der Waals surface area contributed by atoms with Crippen LogP contribution in [0.4, 0.5) is 8.78 Å². The summed E-state index contributed by atoms with van der Waals surface area (Å²) in [5, 5.41) is 0. The Kier molecular flexibility index (Phi) is 2.78. The summed E-state index contributed by atoms with van der Waals surface area (Å²) in [5.74, 6) is 1.91. The lowest BCUT2D eigenvalue weighted by Gasteiger charge is -2.60. The zero-order valence-corrected chi connectivity index (χ0v) is 9.55. The first-order valence-corrected chi connectivity index (χ1v) is 5.96. The molecule has 0 aliphatic heterocycles. The third kappa shape index (κ3) is 1.79. The van der Waals surface area contributed by atoms with E-state index >= 15 is 0 Å². The molecule has 88 valence electrons. The molecule has 0 aromatic heterocycles. The van der Waals surface area contributed by atoms with E-state index in [0.717, 1.165) is 12.3 Å². The molecule has 3 aliphatic carbocycles. The van der Waals surface area contributed by atoms with Crippen LogP contribution in [-0.2, 0) is 0 Å². The molecule has 3 rings (SSSR count). The summed E-state index contributed by atoms with van der Waals surface area (Å²) in [6.07, 6.45) is 1.72. The van der Waals surface area contributed by atoms with E-state index in [1.165, 1.54) is 12.8 Å². The fraction of sp³-hybridized carbons (Fsp3) is 1.00. The Morgan fingerprint density at radius 2 is 2.00 bits per heavy atom. The van der Waals surface area contributed by atoms with E-state index in [4.69, 9.17) is 5.73 Å².